The number of para-hydroxylation sites is 1. The van der Waals surface area contributed by atoms with Gasteiger partial charge in [-0.25, -0.2) is 4.79 Å². The molecule has 0 radical (unpaired) electrons. The van der Waals surface area contributed by atoms with Crippen molar-refractivity contribution in [1.82, 2.24) is 0 Å². The van der Waals surface area contributed by atoms with Crippen LogP contribution in [0.4, 0.5) is 24.5 Å². The predicted octanol–water partition coefficient (Wildman–Crippen LogP) is 3.63. The van der Waals surface area contributed by atoms with E-state index in [4.69, 9.17) is 19.3 Å². The number of anilines is 2. The summed E-state index contributed by atoms with van der Waals surface area (Å²) in [5.41, 5.74) is -0.0692. The average molecular weight is 413 g/mol. The first kappa shape index (κ1) is 22.7. The van der Waals surface area contributed by atoms with E-state index in [-0.39, 0.29) is 37.7 Å². The van der Waals surface area contributed by atoms with Crippen molar-refractivity contribution < 1.29 is 37.3 Å². The van der Waals surface area contributed by atoms with Crippen molar-refractivity contribution in [3.05, 3.63) is 59.7 Å². The average Bonchev–Trinajstić information content (AvgIpc) is 2.70. The second kappa shape index (κ2) is 11.4. The van der Waals surface area contributed by atoms with Gasteiger partial charge in [-0.2, -0.15) is 13.2 Å². The Balaban J connectivity index is 1.91. The molecule has 0 aliphatic carbocycles. The zero-order valence-corrected chi connectivity index (χ0v) is 15.6. The molecule has 0 unspecified atom stereocenters. The maximum absolute atomic E-state index is 12.9. The van der Waals surface area contributed by atoms with Crippen LogP contribution < -0.4 is 5.32 Å². The summed E-state index contributed by atoms with van der Waals surface area (Å²) in [4.78, 5) is 12.3. The molecule has 6 nitrogen and oxygen atoms in total. The van der Waals surface area contributed by atoms with Crippen LogP contribution in [0.25, 0.3) is 0 Å². The normalized spacial score (nSPS) is 11.3. The summed E-state index contributed by atoms with van der Waals surface area (Å²) in [7, 11) is 0. The van der Waals surface area contributed by atoms with Gasteiger partial charge in [-0.1, -0.05) is 18.2 Å². The second-order valence-corrected chi connectivity index (χ2v) is 5.83. The highest BCUT2D eigenvalue weighted by Crippen LogP contribution is 2.31. The number of alkyl halides is 3. The van der Waals surface area contributed by atoms with Gasteiger partial charge in [-0.3, -0.25) is 0 Å². The molecule has 0 fully saturated rings. The first-order chi connectivity index (χ1) is 13.9. The van der Waals surface area contributed by atoms with Gasteiger partial charge >= 0.3 is 12.1 Å². The molecule has 29 heavy (non-hydrogen) atoms. The summed E-state index contributed by atoms with van der Waals surface area (Å²) in [6.07, 6.45) is -4.46. The number of benzene rings is 2. The predicted molar refractivity (Wildman–Crippen MR) is 100 cm³/mol. The van der Waals surface area contributed by atoms with E-state index in [1.807, 2.05) is 0 Å². The van der Waals surface area contributed by atoms with Gasteiger partial charge in [0.15, 0.2) is 0 Å². The Bertz CT molecular complexity index is 783. The smallest absolute Gasteiger partial charge is 0.416 e. The molecule has 0 saturated heterocycles. The Kier molecular flexibility index (Phi) is 8.91. The number of hydrogen-bond acceptors (Lipinski definition) is 6. The topological polar surface area (TPSA) is 77.0 Å². The largest absolute Gasteiger partial charge is 0.460 e. The number of ether oxygens (including phenoxy) is 3. The maximum Gasteiger partial charge on any atom is 0.416 e. The monoisotopic (exact) mass is 413 g/mol. The van der Waals surface area contributed by atoms with Crippen LogP contribution in [0.3, 0.4) is 0 Å². The van der Waals surface area contributed by atoms with Gasteiger partial charge in [-0.05, 0) is 30.3 Å². The molecule has 0 amide bonds. The molecular weight excluding hydrogens is 391 g/mol. The summed E-state index contributed by atoms with van der Waals surface area (Å²) < 4.78 is 54.0. The van der Waals surface area contributed by atoms with Gasteiger partial charge in [0.1, 0.15) is 6.61 Å². The van der Waals surface area contributed by atoms with Crippen molar-refractivity contribution in [1.29, 1.82) is 0 Å². The van der Waals surface area contributed by atoms with E-state index in [9.17, 15) is 18.0 Å². The lowest BCUT2D eigenvalue weighted by atomic mass is 10.1. The van der Waals surface area contributed by atoms with E-state index >= 15 is 0 Å². The van der Waals surface area contributed by atoms with E-state index in [2.05, 4.69) is 5.32 Å². The molecule has 2 aromatic rings. The Morgan fingerprint density at radius 2 is 1.62 bits per heavy atom. The van der Waals surface area contributed by atoms with E-state index in [0.29, 0.717) is 18.9 Å². The molecule has 0 bridgehead atoms. The van der Waals surface area contributed by atoms with Crippen LogP contribution in [0.5, 0.6) is 0 Å². The third-order valence-corrected chi connectivity index (χ3v) is 3.68. The highest BCUT2D eigenvalue weighted by atomic mass is 19.4. The molecule has 0 spiro atoms. The van der Waals surface area contributed by atoms with Crippen LogP contribution >= 0.6 is 0 Å². The van der Waals surface area contributed by atoms with Crippen molar-refractivity contribution in [2.24, 2.45) is 0 Å². The Labute approximate surface area is 166 Å². The fourth-order valence-electron chi connectivity index (χ4n) is 2.36. The number of aliphatic hydroxyl groups is 1. The molecule has 2 aromatic carbocycles. The Hall–Kier alpha value is -2.62. The van der Waals surface area contributed by atoms with Crippen LogP contribution in [0.15, 0.2) is 48.5 Å². The fourth-order valence-corrected chi connectivity index (χ4v) is 2.36. The molecule has 0 atom stereocenters. The fraction of sp³-hybridized carbons (Fsp3) is 0.350. The Morgan fingerprint density at radius 1 is 0.931 bits per heavy atom. The van der Waals surface area contributed by atoms with Gasteiger partial charge < -0.3 is 24.6 Å². The molecule has 2 rings (SSSR count). The van der Waals surface area contributed by atoms with E-state index < -0.39 is 17.7 Å². The molecule has 9 heteroatoms. The van der Waals surface area contributed by atoms with Crippen LogP contribution in [0.1, 0.15) is 15.9 Å². The standard InChI is InChI=1S/C20H22F3NO5/c21-20(22,23)15-4-3-5-16(14-15)24-18-7-2-1-6-17(18)19(26)29-13-12-28-11-10-27-9-8-25/h1-7,14,24-25H,8-13H2. The molecule has 0 heterocycles. The third kappa shape index (κ3) is 7.72. The number of halogens is 3. The minimum atomic E-state index is -4.46. The lowest BCUT2D eigenvalue weighted by Gasteiger charge is -2.13. The number of carbonyl (C=O) groups is 1. The Morgan fingerprint density at radius 3 is 2.34 bits per heavy atom. The number of esters is 1. The van der Waals surface area contributed by atoms with Crippen molar-refractivity contribution >= 4 is 17.3 Å². The zero-order chi connectivity index (χ0) is 21.1. The van der Waals surface area contributed by atoms with Crippen molar-refractivity contribution in [3.8, 4) is 0 Å². The van der Waals surface area contributed by atoms with Crippen LogP contribution in [0, 0.1) is 0 Å². The van der Waals surface area contributed by atoms with E-state index in [0.717, 1.165) is 12.1 Å². The van der Waals surface area contributed by atoms with E-state index in [1.165, 1.54) is 18.2 Å². The minimum Gasteiger partial charge on any atom is -0.460 e. The second-order valence-electron chi connectivity index (χ2n) is 5.83. The number of nitrogens with one attached hydrogen (secondary N) is 1. The first-order valence-corrected chi connectivity index (χ1v) is 8.88. The van der Waals surface area contributed by atoms with Crippen molar-refractivity contribution in [3.63, 3.8) is 0 Å². The van der Waals surface area contributed by atoms with Crippen molar-refractivity contribution in [2.45, 2.75) is 6.18 Å². The molecule has 2 N–H and O–H groups in total. The summed E-state index contributed by atoms with van der Waals surface area (Å²) in [5, 5.41) is 11.4. The van der Waals surface area contributed by atoms with E-state index in [1.54, 1.807) is 18.2 Å². The number of carbonyl (C=O) groups excluding carboxylic acids is 1. The highest BCUT2D eigenvalue weighted by molar-refractivity contribution is 5.96. The molecule has 158 valence electrons. The lowest BCUT2D eigenvalue weighted by Crippen LogP contribution is -2.14. The summed E-state index contributed by atoms with van der Waals surface area (Å²) in [6.45, 7) is 0.956. The number of aliphatic hydroxyl groups excluding tert-OH is 1. The number of hydrogen-bond donors (Lipinski definition) is 2. The summed E-state index contributed by atoms with van der Waals surface area (Å²) >= 11 is 0. The lowest BCUT2D eigenvalue weighted by molar-refractivity contribution is -0.137. The molecule has 0 saturated carbocycles. The zero-order valence-electron chi connectivity index (χ0n) is 15.6. The SMILES string of the molecule is O=C(OCCOCCOCCO)c1ccccc1Nc1cccc(C(F)(F)F)c1. The quantitative estimate of drug-likeness (QED) is 0.433. The summed E-state index contributed by atoms with van der Waals surface area (Å²) in [6, 6.07) is 11.1. The van der Waals surface area contributed by atoms with Crippen LogP contribution in [-0.4, -0.2) is 50.7 Å². The van der Waals surface area contributed by atoms with Crippen LogP contribution in [-0.2, 0) is 20.4 Å². The van der Waals surface area contributed by atoms with Gasteiger partial charge in [0, 0.05) is 5.69 Å². The first-order valence-electron chi connectivity index (χ1n) is 8.88. The molecule has 0 aliphatic rings. The van der Waals surface area contributed by atoms with Gasteiger partial charge in [0.25, 0.3) is 0 Å². The van der Waals surface area contributed by atoms with Gasteiger partial charge in [-0.15, -0.1) is 0 Å². The molecule has 0 aliphatic heterocycles. The highest BCUT2D eigenvalue weighted by Gasteiger charge is 2.30. The minimum absolute atomic E-state index is 0.0106. The van der Waals surface area contributed by atoms with Gasteiger partial charge in [0.05, 0.1) is 49.8 Å². The molecular formula is C20H22F3NO5. The maximum atomic E-state index is 12.9. The third-order valence-electron chi connectivity index (χ3n) is 3.68. The number of rotatable bonds is 11. The van der Waals surface area contributed by atoms with Crippen molar-refractivity contribution in [2.75, 3.05) is 45.0 Å². The van der Waals surface area contributed by atoms with Crippen LogP contribution in [0.2, 0.25) is 0 Å². The summed E-state index contributed by atoms with van der Waals surface area (Å²) in [5.74, 6) is -0.625. The molecule has 0 aromatic heterocycles. The van der Waals surface area contributed by atoms with Gasteiger partial charge in [0.2, 0.25) is 0 Å².